The van der Waals surface area contributed by atoms with Gasteiger partial charge in [0, 0.05) is 5.69 Å². The fourth-order valence-corrected chi connectivity index (χ4v) is 4.23. The number of hydrogen-bond acceptors (Lipinski definition) is 4. The number of rotatable bonds is 6. The summed E-state index contributed by atoms with van der Waals surface area (Å²) in [6, 6.07) is 13.3. The molecule has 0 bridgehead atoms. The lowest BCUT2D eigenvalue weighted by Crippen LogP contribution is -2.42. The Morgan fingerprint density at radius 1 is 1.03 bits per heavy atom. The van der Waals surface area contributed by atoms with Crippen LogP contribution in [0.4, 0.5) is 5.69 Å². The summed E-state index contributed by atoms with van der Waals surface area (Å²) in [6.07, 6.45) is 4.75. The SMILES string of the molecule is COC(=O)c1cc(NC(=O)C2(c3cccc(C)c3)CCCCC2)ccc1OC(C)C. The maximum Gasteiger partial charge on any atom is 0.341 e. The zero-order valence-corrected chi connectivity index (χ0v) is 18.3. The van der Waals surface area contributed by atoms with E-state index in [0.717, 1.165) is 43.2 Å². The average Bonchev–Trinajstić information content (AvgIpc) is 2.74. The second-order valence-electron chi connectivity index (χ2n) is 8.34. The maximum absolute atomic E-state index is 13.6. The number of benzene rings is 2. The van der Waals surface area contributed by atoms with E-state index in [-0.39, 0.29) is 12.0 Å². The number of carbonyl (C=O) groups is 2. The zero-order valence-electron chi connectivity index (χ0n) is 18.3. The van der Waals surface area contributed by atoms with E-state index in [9.17, 15) is 9.59 Å². The molecule has 5 nitrogen and oxygen atoms in total. The highest BCUT2D eigenvalue weighted by molar-refractivity contribution is 6.01. The van der Waals surface area contributed by atoms with Crippen LogP contribution in [0.15, 0.2) is 42.5 Å². The van der Waals surface area contributed by atoms with E-state index in [1.54, 1.807) is 18.2 Å². The minimum Gasteiger partial charge on any atom is -0.490 e. The van der Waals surface area contributed by atoms with Crippen molar-refractivity contribution in [3.8, 4) is 5.75 Å². The molecule has 1 N–H and O–H groups in total. The van der Waals surface area contributed by atoms with Crippen LogP contribution in [0.5, 0.6) is 5.75 Å². The minimum absolute atomic E-state index is 0.0267. The van der Waals surface area contributed by atoms with Crippen LogP contribution in [0.25, 0.3) is 0 Å². The molecule has 1 saturated carbocycles. The lowest BCUT2D eigenvalue weighted by atomic mass is 9.68. The summed E-state index contributed by atoms with van der Waals surface area (Å²) in [5.41, 5.74) is 2.52. The van der Waals surface area contributed by atoms with Crippen LogP contribution in [0.1, 0.15) is 67.4 Å². The van der Waals surface area contributed by atoms with Crippen molar-refractivity contribution in [1.82, 2.24) is 0 Å². The molecule has 2 aromatic carbocycles. The number of hydrogen-bond donors (Lipinski definition) is 1. The van der Waals surface area contributed by atoms with Gasteiger partial charge in [-0.3, -0.25) is 4.79 Å². The number of amides is 1. The Labute approximate surface area is 178 Å². The normalized spacial score (nSPS) is 15.5. The molecule has 1 fully saturated rings. The molecule has 30 heavy (non-hydrogen) atoms. The van der Waals surface area contributed by atoms with Crippen LogP contribution in [0, 0.1) is 6.92 Å². The van der Waals surface area contributed by atoms with Crippen molar-refractivity contribution in [2.75, 3.05) is 12.4 Å². The molecule has 0 heterocycles. The fraction of sp³-hybridized carbons (Fsp3) is 0.440. The lowest BCUT2D eigenvalue weighted by Gasteiger charge is -2.36. The number of methoxy groups -OCH3 is 1. The summed E-state index contributed by atoms with van der Waals surface area (Å²) in [7, 11) is 1.33. The molecule has 160 valence electrons. The van der Waals surface area contributed by atoms with E-state index >= 15 is 0 Å². The van der Waals surface area contributed by atoms with Crippen molar-refractivity contribution in [3.63, 3.8) is 0 Å². The average molecular weight is 410 g/mol. The van der Waals surface area contributed by atoms with Crippen molar-refractivity contribution >= 4 is 17.6 Å². The third-order valence-corrected chi connectivity index (χ3v) is 5.72. The van der Waals surface area contributed by atoms with E-state index in [1.165, 1.54) is 7.11 Å². The summed E-state index contributed by atoms with van der Waals surface area (Å²) in [6.45, 7) is 5.84. The number of nitrogens with one attached hydrogen (secondary N) is 1. The molecule has 1 aliphatic rings. The van der Waals surface area contributed by atoms with Crippen LogP contribution in [0.3, 0.4) is 0 Å². The molecule has 0 aromatic heterocycles. The van der Waals surface area contributed by atoms with Crippen LogP contribution in [0.2, 0.25) is 0 Å². The van der Waals surface area contributed by atoms with Gasteiger partial charge in [-0.15, -0.1) is 0 Å². The topological polar surface area (TPSA) is 64.6 Å². The van der Waals surface area contributed by atoms with Gasteiger partial charge in [-0.05, 0) is 57.4 Å². The number of aryl methyl sites for hydroxylation is 1. The van der Waals surface area contributed by atoms with E-state index < -0.39 is 11.4 Å². The third kappa shape index (κ3) is 4.66. The van der Waals surface area contributed by atoms with Crippen molar-refractivity contribution in [1.29, 1.82) is 0 Å². The number of esters is 1. The number of ether oxygens (including phenoxy) is 2. The molecular formula is C25H31NO4. The molecule has 5 heteroatoms. The Kier molecular flexibility index (Phi) is 6.80. The Morgan fingerprint density at radius 2 is 1.77 bits per heavy atom. The van der Waals surface area contributed by atoms with Gasteiger partial charge in [0.25, 0.3) is 0 Å². The van der Waals surface area contributed by atoms with Gasteiger partial charge < -0.3 is 14.8 Å². The molecule has 0 atom stereocenters. The molecule has 0 spiro atoms. The predicted octanol–water partition coefficient (Wildman–Crippen LogP) is 5.41. The van der Waals surface area contributed by atoms with Gasteiger partial charge in [0.2, 0.25) is 5.91 Å². The molecule has 0 aliphatic heterocycles. The van der Waals surface area contributed by atoms with Crippen molar-refractivity contribution < 1.29 is 19.1 Å². The van der Waals surface area contributed by atoms with Crippen molar-refractivity contribution in [2.45, 2.75) is 64.4 Å². The molecule has 3 rings (SSSR count). The summed E-state index contributed by atoms with van der Waals surface area (Å²) in [5.74, 6) is -0.0742. The number of anilines is 1. The summed E-state index contributed by atoms with van der Waals surface area (Å²) in [4.78, 5) is 25.8. The molecule has 1 aliphatic carbocycles. The smallest absolute Gasteiger partial charge is 0.341 e. The van der Waals surface area contributed by atoms with Crippen LogP contribution < -0.4 is 10.1 Å². The lowest BCUT2D eigenvalue weighted by molar-refractivity contribution is -0.122. The molecule has 0 radical (unpaired) electrons. The highest BCUT2D eigenvalue weighted by Gasteiger charge is 2.41. The van der Waals surface area contributed by atoms with Crippen LogP contribution in [-0.2, 0) is 14.9 Å². The molecular weight excluding hydrogens is 378 g/mol. The van der Waals surface area contributed by atoms with Gasteiger partial charge in [0.1, 0.15) is 11.3 Å². The van der Waals surface area contributed by atoms with Gasteiger partial charge in [-0.1, -0.05) is 49.1 Å². The highest BCUT2D eigenvalue weighted by atomic mass is 16.5. The molecule has 1 amide bonds. The first-order valence-corrected chi connectivity index (χ1v) is 10.6. The predicted molar refractivity (Wildman–Crippen MR) is 118 cm³/mol. The monoisotopic (exact) mass is 409 g/mol. The Bertz CT molecular complexity index is 913. The fourth-order valence-electron chi connectivity index (χ4n) is 4.23. The van der Waals surface area contributed by atoms with Gasteiger partial charge in [0.15, 0.2) is 0 Å². The number of carbonyl (C=O) groups excluding carboxylic acids is 2. The summed E-state index contributed by atoms with van der Waals surface area (Å²) in [5, 5.41) is 3.07. The molecule has 0 unspecified atom stereocenters. The second-order valence-corrected chi connectivity index (χ2v) is 8.34. The first-order chi connectivity index (χ1) is 14.4. The zero-order chi connectivity index (χ0) is 21.7. The third-order valence-electron chi connectivity index (χ3n) is 5.72. The van der Waals surface area contributed by atoms with Crippen molar-refractivity contribution in [2.24, 2.45) is 0 Å². The molecule has 2 aromatic rings. The Hall–Kier alpha value is -2.82. The highest BCUT2D eigenvalue weighted by Crippen LogP contribution is 2.41. The first-order valence-electron chi connectivity index (χ1n) is 10.6. The Balaban J connectivity index is 1.93. The van der Waals surface area contributed by atoms with Gasteiger partial charge in [-0.2, -0.15) is 0 Å². The van der Waals surface area contributed by atoms with Crippen molar-refractivity contribution in [3.05, 3.63) is 59.2 Å². The van der Waals surface area contributed by atoms with Crippen LogP contribution in [-0.4, -0.2) is 25.1 Å². The molecule has 0 saturated heterocycles. The van der Waals surface area contributed by atoms with Gasteiger partial charge in [0.05, 0.1) is 18.6 Å². The van der Waals surface area contributed by atoms with E-state index in [0.29, 0.717) is 17.0 Å². The summed E-state index contributed by atoms with van der Waals surface area (Å²) < 4.78 is 10.6. The minimum atomic E-state index is -0.553. The Morgan fingerprint density at radius 3 is 2.40 bits per heavy atom. The standard InChI is InChI=1S/C25H31NO4/c1-17(2)30-22-12-11-20(16-21(22)23(27)29-4)26-24(28)25(13-6-5-7-14-25)19-10-8-9-18(3)15-19/h8-12,15-17H,5-7,13-14H2,1-4H3,(H,26,28). The first kappa shape index (κ1) is 21.9. The second kappa shape index (κ2) is 9.33. The van der Waals surface area contributed by atoms with E-state index in [4.69, 9.17) is 9.47 Å². The quantitative estimate of drug-likeness (QED) is 0.648. The van der Waals surface area contributed by atoms with E-state index in [1.807, 2.05) is 32.9 Å². The van der Waals surface area contributed by atoms with Gasteiger partial charge in [-0.25, -0.2) is 4.79 Å². The van der Waals surface area contributed by atoms with E-state index in [2.05, 4.69) is 17.4 Å². The maximum atomic E-state index is 13.6. The van der Waals surface area contributed by atoms with Crippen LogP contribution >= 0.6 is 0 Å². The largest absolute Gasteiger partial charge is 0.490 e. The summed E-state index contributed by atoms with van der Waals surface area (Å²) >= 11 is 0. The van der Waals surface area contributed by atoms with Gasteiger partial charge >= 0.3 is 5.97 Å².